The van der Waals surface area contributed by atoms with Crippen LogP contribution in [0, 0.1) is 5.92 Å². The van der Waals surface area contributed by atoms with Crippen molar-refractivity contribution in [3.8, 4) is 0 Å². The number of ketones is 1. The number of thioether (sulfide) groups is 1. The summed E-state index contributed by atoms with van der Waals surface area (Å²) in [6.07, 6.45) is 4.01. The normalized spacial score (nSPS) is 16.2. The second kappa shape index (κ2) is 6.22. The number of Topliss-reactive ketones (excluding diaryl/α,β-unsaturated/α-hetero) is 1. The molecule has 1 aromatic rings. The molecule has 1 fully saturated rings. The van der Waals surface area contributed by atoms with E-state index in [1.54, 1.807) is 0 Å². The van der Waals surface area contributed by atoms with Crippen LogP contribution >= 0.6 is 35.0 Å². The standard InChI is InChI=1S/C12H14Cl2N2OS/c1-2-18-12-15-10(13)8(11(14)16-12)9(17)7-5-3-4-6-7/h7H,2-6H2,1H3. The quantitative estimate of drug-likeness (QED) is 0.360. The lowest BCUT2D eigenvalue weighted by Gasteiger charge is -2.11. The van der Waals surface area contributed by atoms with Gasteiger partial charge >= 0.3 is 0 Å². The summed E-state index contributed by atoms with van der Waals surface area (Å²) in [4.78, 5) is 20.6. The van der Waals surface area contributed by atoms with Crippen LogP contribution in [0.25, 0.3) is 0 Å². The molecule has 3 nitrogen and oxygen atoms in total. The molecule has 0 N–H and O–H groups in total. The number of carbonyl (C=O) groups excluding carboxylic acids is 1. The van der Waals surface area contributed by atoms with Gasteiger partial charge < -0.3 is 0 Å². The van der Waals surface area contributed by atoms with Crippen molar-refractivity contribution in [2.45, 2.75) is 37.8 Å². The van der Waals surface area contributed by atoms with E-state index in [0.29, 0.717) is 10.7 Å². The minimum absolute atomic E-state index is 0.00412. The summed E-state index contributed by atoms with van der Waals surface area (Å²) in [6.45, 7) is 1.99. The summed E-state index contributed by atoms with van der Waals surface area (Å²) in [7, 11) is 0. The highest BCUT2D eigenvalue weighted by molar-refractivity contribution is 7.99. The van der Waals surface area contributed by atoms with Crippen LogP contribution < -0.4 is 0 Å². The molecule has 0 atom stereocenters. The predicted molar refractivity (Wildman–Crippen MR) is 74.7 cm³/mol. The number of hydrogen-bond acceptors (Lipinski definition) is 4. The first-order chi connectivity index (χ1) is 8.63. The summed E-state index contributed by atoms with van der Waals surface area (Å²) in [5.41, 5.74) is 0.297. The lowest BCUT2D eigenvalue weighted by molar-refractivity contribution is 0.0922. The van der Waals surface area contributed by atoms with Gasteiger partial charge in [-0.05, 0) is 18.6 Å². The lowest BCUT2D eigenvalue weighted by atomic mass is 9.98. The van der Waals surface area contributed by atoms with E-state index in [-0.39, 0.29) is 22.0 Å². The molecule has 1 aromatic heterocycles. The summed E-state index contributed by atoms with van der Waals surface area (Å²) in [6, 6.07) is 0. The van der Waals surface area contributed by atoms with Crippen LogP contribution in [0.15, 0.2) is 5.16 Å². The van der Waals surface area contributed by atoms with Crippen LogP contribution in [0.4, 0.5) is 0 Å². The molecule has 0 aliphatic heterocycles. The Bertz CT molecular complexity index is 438. The zero-order valence-corrected chi connectivity index (χ0v) is 12.4. The number of halogens is 2. The van der Waals surface area contributed by atoms with Gasteiger partial charge in [0.15, 0.2) is 10.9 Å². The third-order valence-electron chi connectivity index (χ3n) is 3.05. The van der Waals surface area contributed by atoms with Crippen molar-refractivity contribution in [3.63, 3.8) is 0 Å². The molecule has 1 heterocycles. The Morgan fingerprint density at radius 2 is 1.83 bits per heavy atom. The number of hydrogen-bond donors (Lipinski definition) is 0. The molecule has 0 saturated heterocycles. The third kappa shape index (κ3) is 2.98. The highest BCUT2D eigenvalue weighted by atomic mass is 35.5. The van der Waals surface area contributed by atoms with Crippen molar-refractivity contribution >= 4 is 40.7 Å². The minimum Gasteiger partial charge on any atom is -0.294 e. The molecule has 2 rings (SSSR count). The summed E-state index contributed by atoms with van der Waals surface area (Å²) < 4.78 is 0. The number of rotatable bonds is 4. The highest BCUT2D eigenvalue weighted by Crippen LogP contribution is 2.33. The molecule has 1 saturated carbocycles. The zero-order chi connectivity index (χ0) is 13.1. The Labute approximate surface area is 121 Å². The molecule has 6 heteroatoms. The number of nitrogens with zero attached hydrogens (tertiary/aromatic N) is 2. The zero-order valence-electron chi connectivity index (χ0n) is 10.1. The largest absolute Gasteiger partial charge is 0.294 e. The van der Waals surface area contributed by atoms with Crippen LogP contribution in [-0.2, 0) is 0 Å². The van der Waals surface area contributed by atoms with Crippen LogP contribution in [0.3, 0.4) is 0 Å². The second-order valence-electron chi connectivity index (χ2n) is 4.24. The average molecular weight is 305 g/mol. The van der Waals surface area contributed by atoms with E-state index < -0.39 is 0 Å². The first-order valence-electron chi connectivity index (χ1n) is 6.03. The van der Waals surface area contributed by atoms with E-state index in [9.17, 15) is 4.79 Å². The van der Waals surface area contributed by atoms with Gasteiger partial charge in [0.05, 0.1) is 5.56 Å². The Hall–Kier alpha value is -0.320. The average Bonchev–Trinajstić information content (AvgIpc) is 2.81. The van der Waals surface area contributed by atoms with E-state index in [0.717, 1.165) is 31.4 Å². The lowest BCUT2D eigenvalue weighted by Crippen LogP contribution is -2.14. The Morgan fingerprint density at radius 1 is 1.28 bits per heavy atom. The summed E-state index contributed by atoms with van der Waals surface area (Å²) in [5.74, 6) is 0.867. The molecular formula is C12H14Cl2N2OS. The number of aromatic nitrogens is 2. The fourth-order valence-electron chi connectivity index (χ4n) is 2.18. The van der Waals surface area contributed by atoms with Crippen LogP contribution in [-0.4, -0.2) is 21.5 Å². The van der Waals surface area contributed by atoms with Crippen molar-refractivity contribution in [2.24, 2.45) is 5.92 Å². The summed E-state index contributed by atoms with van der Waals surface area (Å²) in [5, 5.41) is 0.890. The van der Waals surface area contributed by atoms with Gasteiger partial charge in [-0.1, -0.05) is 54.7 Å². The van der Waals surface area contributed by atoms with Crippen molar-refractivity contribution < 1.29 is 4.79 Å². The Kier molecular flexibility index (Phi) is 4.87. The molecule has 0 amide bonds. The molecule has 18 heavy (non-hydrogen) atoms. The maximum Gasteiger partial charge on any atom is 0.190 e. The van der Waals surface area contributed by atoms with Crippen molar-refractivity contribution in [2.75, 3.05) is 5.75 Å². The van der Waals surface area contributed by atoms with Gasteiger partial charge in [-0.25, -0.2) is 9.97 Å². The molecule has 0 spiro atoms. The topological polar surface area (TPSA) is 42.9 Å². The van der Waals surface area contributed by atoms with Gasteiger partial charge in [0.2, 0.25) is 0 Å². The number of carbonyl (C=O) groups is 1. The Balaban J connectivity index is 2.29. The van der Waals surface area contributed by atoms with E-state index >= 15 is 0 Å². The van der Waals surface area contributed by atoms with Gasteiger partial charge in [0.25, 0.3) is 0 Å². The van der Waals surface area contributed by atoms with Crippen LogP contribution in [0.5, 0.6) is 0 Å². The Morgan fingerprint density at radius 3 is 2.33 bits per heavy atom. The first-order valence-corrected chi connectivity index (χ1v) is 7.77. The molecular weight excluding hydrogens is 291 g/mol. The third-order valence-corrected chi connectivity index (χ3v) is 4.32. The van der Waals surface area contributed by atoms with Crippen LogP contribution in [0.2, 0.25) is 10.3 Å². The van der Waals surface area contributed by atoms with Gasteiger partial charge in [-0.2, -0.15) is 0 Å². The second-order valence-corrected chi connectivity index (χ2v) is 6.19. The van der Waals surface area contributed by atoms with Gasteiger partial charge in [0.1, 0.15) is 10.3 Å². The molecule has 98 valence electrons. The smallest absolute Gasteiger partial charge is 0.190 e. The molecule has 0 unspecified atom stereocenters. The molecule has 1 aliphatic rings. The molecule has 0 bridgehead atoms. The SMILES string of the molecule is CCSc1nc(Cl)c(C(=O)C2CCCC2)c(Cl)n1. The predicted octanol–water partition coefficient (Wildman–Crippen LogP) is 4.27. The molecule has 0 radical (unpaired) electrons. The summed E-state index contributed by atoms with van der Waals surface area (Å²) >= 11 is 13.6. The van der Waals surface area contributed by atoms with Gasteiger partial charge in [-0.15, -0.1) is 0 Å². The van der Waals surface area contributed by atoms with Crippen molar-refractivity contribution in [1.82, 2.24) is 9.97 Å². The minimum atomic E-state index is -0.00412. The fraction of sp³-hybridized carbons (Fsp3) is 0.583. The van der Waals surface area contributed by atoms with Crippen molar-refractivity contribution in [1.29, 1.82) is 0 Å². The maximum atomic E-state index is 12.3. The van der Waals surface area contributed by atoms with E-state index in [2.05, 4.69) is 9.97 Å². The van der Waals surface area contributed by atoms with E-state index in [1.165, 1.54) is 11.8 Å². The first kappa shape index (κ1) is 14.1. The van der Waals surface area contributed by atoms with Crippen LogP contribution in [0.1, 0.15) is 43.0 Å². The van der Waals surface area contributed by atoms with E-state index in [1.807, 2.05) is 6.92 Å². The maximum absolute atomic E-state index is 12.3. The fourth-order valence-corrected chi connectivity index (χ4v) is 3.42. The van der Waals surface area contributed by atoms with Gasteiger partial charge in [-0.3, -0.25) is 4.79 Å². The highest BCUT2D eigenvalue weighted by Gasteiger charge is 2.28. The molecule has 0 aromatic carbocycles. The monoisotopic (exact) mass is 304 g/mol. The molecule has 1 aliphatic carbocycles. The van der Waals surface area contributed by atoms with Gasteiger partial charge in [0, 0.05) is 5.92 Å². The van der Waals surface area contributed by atoms with E-state index in [4.69, 9.17) is 23.2 Å². The van der Waals surface area contributed by atoms with Crippen molar-refractivity contribution in [3.05, 3.63) is 15.9 Å².